The van der Waals surface area contributed by atoms with Gasteiger partial charge in [0.2, 0.25) is 0 Å². The second-order valence-electron chi connectivity index (χ2n) is 6.98. The second-order valence-corrected chi connectivity index (χ2v) is 6.98. The van der Waals surface area contributed by atoms with Gasteiger partial charge in [-0.1, -0.05) is 33.1 Å². The van der Waals surface area contributed by atoms with Crippen LogP contribution >= 0.6 is 0 Å². The van der Waals surface area contributed by atoms with Gasteiger partial charge in [0, 0.05) is 25.7 Å². The summed E-state index contributed by atoms with van der Waals surface area (Å²) in [6.07, 6.45) is 8.70. The average molecular weight is 282 g/mol. The van der Waals surface area contributed by atoms with Gasteiger partial charge >= 0.3 is 0 Å². The molecule has 1 saturated carbocycles. The van der Waals surface area contributed by atoms with Gasteiger partial charge < -0.3 is 10.1 Å². The third kappa shape index (κ3) is 4.19. The van der Waals surface area contributed by atoms with Gasteiger partial charge in [-0.05, 0) is 38.1 Å². The summed E-state index contributed by atoms with van der Waals surface area (Å²) in [4.78, 5) is 2.73. The van der Waals surface area contributed by atoms with E-state index in [9.17, 15) is 0 Å². The monoisotopic (exact) mass is 282 g/mol. The van der Waals surface area contributed by atoms with E-state index in [1.54, 1.807) is 0 Å². The summed E-state index contributed by atoms with van der Waals surface area (Å²) >= 11 is 0. The quantitative estimate of drug-likeness (QED) is 0.810. The molecule has 1 aliphatic carbocycles. The van der Waals surface area contributed by atoms with Crippen LogP contribution in [0, 0.1) is 5.41 Å². The highest BCUT2D eigenvalue weighted by atomic mass is 16.5. The Labute approximate surface area is 125 Å². The van der Waals surface area contributed by atoms with Gasteiger partial charge in [0.15, 0.2) is 0 Å². The molecule has 3 nitrogen and oxygen atoms in total. The van der Waals surface area contributed by atoms with Crippen molar-refractivity contribution in [2.45, 2.75) is 71.4 Å². The molecule has 0 aromatic heterocycles. The minimum atomic E-state index is 0.401. The molecule has 2 unspecified atom stereocenters. The van der Waals surface area contributed by atoms with Crippen molar-refractivity contribution in [2.75, 3.05) is 32.8 Å². The van der Waals surface area contributed by atoms with Crippen molar-refractivity contribution in [3.05, 3.63) is 0 Å². The molecule has 0 spiro atoms. The van der Waals surface area contributed by atoms with Gasteiger partial charge in [0.05, 0.1) is 12.7 Å². The van der Waals surface area contributed by atoms with Gasteiger partial charge in [0.1, 0.15) is 0 Å². The number of morpholine rings is 1. The van der Waals surface area contributed by atoms with E-state index in [-0.39, 0.29) is 0 Å². The standard InChI is InChI=1S/C17H34N2O/c1-4-16-12-20-15(3)11-19(16)14-17(13-18-5-2)9-7-6-8-10-17/h15-16,18H,4-14H2,1-3H3. The largest absolute Gasteiger partial charge is 0.376 e. The molecule has 20 heavy (non-hydrogen) atoms. The molecule has 2 fully saturated rings. The number of nitrogens with zero attached hydrogens (tertiary/aromatic N) is 1. The highest BCUT2D eigenvalue weighted by Crippen LogP contribution is 2.37. The van der Waals surface area contributed by atoms with E-state index in [0.717, 1.165) is 19.7 Å². The highest BCUT2D eigenvalue weighted by Gasteiger charge is 2.36. The molecule has 0 bridgehead atoms. The average Bonchev–Trinajstić information content (AvgIpc) is 2.46. The minimum Gasteiger partial charge on any atom is -0.376 e. The van der Waals surface area contributed by atoms with Crippen LogP contribution in [-0.4, -0.2) is 49.8 Å². The summed E-state index contributed by atoms with van der Waals surface area (Å²) in [5.74, 6) is 0. The van der Waals surface area contributed by atoms with Crippen LogP contribution in [0.4, 0.5) is 0 Å². The van der Waals surface area contributed by atoms with Crippen molar-refractivity contribution in [1.29, 1.82) is 0 Å². The van der Waals surface area contributed by atoms with Gasteiger partial charge in [-0.3, -0.25) is 4.90 Å². The molecule has 2 aliphatic rings. The summed E-state index contributed by atoms with van der Waals surface area (Å²) in [6, 6.07) is 0.631. The SMILES string of the molecule is CCNCC1(CN2CC(C)OCC2CC)CCCCC1. The Bertz CT molecular complexity index is 276. The van der Waals surface area contributed by atoms with Gasteiger partial charge in [-0.25, -0.2) is 0 Å². The Morgan fingerprint density at radius 3 is 2.60 bits per heavy atom. The Morgan fingerprint density at radius 2 is 1.95 bits per heavy atom. The van der Waals surface area contributed by atoms with Crippen LogP contribution in [0.1, 0.15) is 59.3 Å². The first kappa shape index (κ1) is 16.3. The molecular formula is C17H34N2O. The zero-order valence-electron chi connectivity index (χ0n) is 13.8. The summed E-state index contributed by atoms with van der Waals surface area (Å²) < 4.78 is 5.86. The van der Waals surface area contributed by atoms with E-state index in [1.807, 2.05) is 0 Å². The molecule has 2 rings (SSSR count). The maximum absolute atomic E-state index is 5.86. The first-order chi connectivity index (χ1) is 9.69. The first-order valence-electron chi connectivity index (χ1n) is 8.75. The lowest BCUT2D eigenvalue weighted by Gasteiger charge is -2.46. The predicted octanol–water partition coefficient (Wildman–Crippen LogP) is 3.05. The lowest BCUT2D eigenvalue weighted by molar-refractivity contribution is -0.0729. The van der Waals surface area contributed by atoms with Crippen LogP contribution in [0.25, 0.3) is 0 Å². The van der Waals surface area contributed by atoms with E-state index in [0.29, 0.717) is 17.6 Å². The van der Waals surface area contributed by atoms with Crippen LogP contribution in [0.3, 0.4) is 0 Å². The Hall–Kier alpha value is -0.120. The number of hydrogen-bond acceptors (Lipinski definition) is 3. The molecule has 0 aromatic carbocycles. The van der Waals surface area contributed by atoms with E-state index in [1.165, 1.54) is 51.6 Å². The van der Waals surface area contributed by atoms with Crippen molar-refractivity contribution >= 4 is 0 Å². The third-order valence-electron chi connectivity index (χ3n) is 5.26. The molecule has 0 radical (unpaired) electrons. The third-order valence-corrected chi connectivity index (χ3v) is 5.26. The van der Waals surface area contributed by atoms with Gasteiger partial charge in [0.25, 0.3) is 0 Å². The van der Waals surface area contributed by atoms with Crippen LogP contribution in [0.5, 0.6) is 0 Å². The topological polar surface area (TPSA) is 24.5 Å². The molecular weight excluding hydrogens is 248 g/mol. The van der Waals surface area contributed by atoms with Crippen molar-refractivity contribution in [1.82, 2.24) is 10.2 Å². The molecule has 1 heterocycles. The first-order valence-corrected chi connectivity index (χ1v) is 8.75. The lowest BCUT2D eigenvalue weighted by Crippen LogP contribution is -2.54. The van der Waals surface area contributed by atoms with Crippen molar-refractivity contribution in [3.8, 4) is 0 Å². The fourth-order valence-corrected chi connectivity index (χ4v) is 4.00. The molecule has 1 aliphatic heterocycles. The second kappa shape index (κ2) is 7.77. The number of ether oxygens (including phenoxy) is 1. The molecule has 118 valence electrons. The lowest BCUT2D eigenvalue weighted by atomic mass is 9.73. The highest BCUT2D eigenvalue weighted by molar-refractivity contribution is 4.91. The summed E-state index contributed by atoms with van der Waals surface area (Å²) in [5.41, 5.74) is 0.513. The smallest absolute Gasteiger partial charge is 0.0674 e. The van der Waals surface area contributed by atoms with Gasteiger partial charge in [-0.15, -0.1) is 0 Å². The summed E-state index contributed by atoms with van der Waals surface area (Å²) in [5, 5.41) is 3.63. The van der Waals surface area contributed by atoms with Crippen LogP contribution in [-0.2, 0) is 4.74 Å². The Kier molecular flexibility index (Phi) is 6.31. The minimum absolute atomic E-state index is 0.401. The zero-order chi connectivity index (χ0) is 14.4. The number of nitrogens with one attached hydrogen (secondary N) is 1. The maximum Gasteiger partial charge on any atom is 0.0674 e. The normalized spacial score (nSPS) is 31.4. The predicted molar refractivity (Wildman–Crippen MR) is 85.1 cm³/mol. The van der Waals surface area contributed by atoms with Crippen molar-refractivity contribution in [2.24, 2.45) is 5.41 Å². The number of rotatable bonds is 6. The van der Waals surface area contributed by atoms with E-state index < -0.39 is 0 Å². The zero-order valence-corrected chi connectivity index (χ0v) is 13.8. The molecule has 0 amide bonds. The van der Waals surface area contributed by atoms with Crippen LogP contribution < -0.4 is 5.32 Å². The summed E-state index contributed by atoms with van der Waals surface area (Å²) in [6.45, 7) is 12.4. The van der Waals surface area contributed by atoms with Crippen molar-refractivity contribution in [3.63, 3.8) is 0 Å². The number of hydrogen-bond donors (Lipinski definition) is 1. The fraction of sp³-hybridized carbons (Fsp3) is 1.00. The van der Waals surface area contributed by atoms with Crippen molar-refractivity contribution < 1.29 is 4.74 Å². The Balaban J connectivity index is 2.00. The van der Waals surface area contributed by atoms with Crippen LogP contribution in [0.2, 0.25) is 0 Å². The molecule has 1 N–H and O–H groups in total. The van der Waals surface area contributed by atoms with Gasteiger partial charge in [-0.2, -0.15) is 0 Å². The molecule has 2 atom stereocenters. The Morgan fingerprint density at radius 1 is 1.20 bits per heavy atom. The maximum atomic E-state index is 5.86. The molecule has 1 saturated heterocycles. The molecule has 0 aromatic rings. The van der Waals surface area contributed by atoms with E-state index in [2.05, 4.69) is 31.0 Å². The summed E-state index contributed by atoms with van der Waals surface area (Å²) in [7, 11) is 0. The van der Waals surface area contributed by atoms with E-state index >= 15 is 0 Å². The molecule has 3 heteroatoms. The van der Waals surface area contributed by atoms with E-state index in [4.69, 9.17) is 4.74 Å². The van der Waals surface area contributed by atoms with Crippen LogP contribution in [0.15, 0.2) is 0 Å². The fourth-order valence-electron chi connectivity index (χ4n) is 4.00.